The first-order valence-electron chi connectivity index (χ1n) is 0. The van der Waals surface area contributed by atoms with Crippen LogP contribution < -0.4 is 9.41 Å². The van der Waals surface area contributed by atoms with E-state index >= 15 is 0 Å². The maximum absolute atomic E-state index is 0. The van der Waals surface area contributed by atoms with Crippen LogP contribution in [0.4, 0.5) is 0 Å². The molecule has 0 amide bonds. The quantitative estimate of drug-likeness (QED) is 0.272. The molecular weight excluding hydrogens is 105 g/mol. The van der Waals surface area contributed by atoms with Crippen LogP contribution in [0.25, 0.3) is 0 Å². The Morgan fingerprint density at radius 3 is 0.750 bits per heavy atom. The summed E-state index contributed by atoms with van der Waals surface area (Å²) in [6.45, 7) is 0. The summed E-state index contributed by atoms with van der Waals surface area (Å²) in [5.41, 5.74) is 0. The van der Waals surface area contributed by atoms with Gasteiger partial charge in [-0.1, -0.05) is 7.43 Å². The van der Waals surface area contributed by atoms with Crippen LogP contribution in [0, 0.1) is 0 Å². The molecule has 3 heteroatoms. The van der Waals surface area contributed by atoms with Gasteiger partial charge in [-0.3, -0.25) is 0 Å². The minimum Gasteiger partial charge on any atom is -1.00 e. The maximum Gasteiger partial charge on any atom is 2.00 e. The van der Waals surface area contributed by atoms with Gasteiger partial charge in [-0.05, 0) is 0 Å². The molecule has 0 saturated carbocycles. The van der Waals surface area contributed by atoms with Crippen molar-refractivity contribution in [3.8, 4) is 0 Å². The van der Waals surface area contributed by atoms with E-state index in [1.165, 1.54) is 0 Å². The van der Waals surface area contributed by atoms with Crippen LogP contribution in [-0.4, -0.2) is 0 Å². The summed E-state index contributed by atoms with van der Waals surface area (Å²) in [6.07, 6.45) is 0. The summed E-state index contributed by atoms with van der Waals surface area (Å²) in [5.74, 6) is 0. The van der Waals surface area contributed by atoms with Crippen LogP contribution >= 0.6 is 0 Å². The van der Waals surface area contributed by atoms with Gasteiger partial charge in [-0.25, -0.2) is 0 Å². The second-order valence-corrected chi connectivity index (χ2v) is 0. The summed E-state index contributed by atoms with van der Waals surface area (Å²) in [6, 6.07) is 0. The smallest absolute Gasteiger partial charge is 1.00 e. The number of hydrogen-bond donors (Lipinski definition) is 0. The fourth-order valence-electron chi connectivity index (χ4n) is 0. The average molecular weight is 109 g/mol. The summed E-state index contributed by atoms with van der Waals surface area (Å²) < 4.78 is 0. The van der Waals surface area contributed by atoms with Gasteiger partial charge in [-0.2, -0.15) is 0 Å². The van der Waals surface area contributed by atoms with Gasteiger partial charge >= 0.3 is 17.1 Å². The Balaban J connectivity index is 0. The van der Waals surface area contributed by atoms with Crippen LogP contribution in [0.2, 0.25) is 0 Å². The largest absolute Gasteiger partial charge is 2.00 e. The predicted molar refractivity (Wildman–Crippen MR) is 6.73 cm³/mol. The van der Waals surface area contributed by atoms with E-state index in [0.717, 1.165) is 0 Å². The third-order valence-corrected chi connectivity index (χ3v) is 0. The van der Waals surface area contributed by atoms with E-state index < -0.39 is 0 Å². The average Bonchev–Trinajstić information content (AvgIpc) is 0. The van der Waals surface area contributed by atoms with Crippen LogP contribution in [0.5, 0.6) is 0 Å². The molecule has 0 N–H and O–H groups in total. The molecule has 4 heavy (non-hydrogen) atoms. The molecule has 0 unspecified atom stereocenters. The minimum atomic E-state index is 0. The zero-order valence-corrected chi connectivity index (χ0v) is 2.31. The predicted octanol–water partition coefficient (Wildman–Crippen LogP) is -5.36. The number of hydrogen-bond acceptors (Lipinski definition) is 0. The molecule has 0 aliphatic carbocycles. The fraction of sp³-hybridized carbons (Fsp3) is 1.00. The first-order valence-corrected chi connectivity index (χ1v) is 0. The van der Waals surface area contributed by atoms with Crippen molar-refractivity contribution in [1.82, 2.24) is 0 Å². The molecule has 29 valence electrons. The van der Waals surface area contributed by atoms with Crippen molar-refractivity contribution in [3.05, 3.63) is 0 Å². The molecule has 0 aliphatic rings. The van der Waals surface area contributed by atoms with Gasteiger partial charge in [0.15, 0.2) is 0 Å². The Labute approximate surface area is 34.8 Å². The van der Waals surface area contributed by atoms with Gasteiger partial charge in [-0.15, -0.1) is 0 Å². The summed E-state index contributed by atoms with van der Waals surface area (Å²) in [7, 11) is 0. The standard InChI is InChI=1S/CH4.2FH.Mn/h1H4;2*1H;/q;;;+2/p-2. The molecular formula is CH4F2Mn. The van der Waals surface area contributed by atoms with Crippen molar-refractivity contribution < 1.29 is 26.5 Å². The van der Waals surface area contributed by atoms with Crippen molar-refractivity contribution in [1.29, 1.82) is 0 Å². The summed E-state index contributed by atoms with van der Waals surface area (Å²) in [4.78, 5) is 0. The van der Waals surface area contributed by atoms with Crippen molar-refractivity contribution in [2.75, 3.05) is 0 Å². The SMILES string of the molecule is C.[F-].[F-].[Mn+2]. The molecule has 0 aromatic carbocycles. The zero-order valence-electron chi connectivity index (χ0n) is 1.13. The third kappa shape index (κ3) is 31.4. The zero-order chi connectivity index (χ0) is 0. The number of halogens is 2. The fourth-order valence-corrected chi connectivity index (χ4v) is 0. The van der Waals surface area contributed by atoms with Gasteiger partial charge < -0.3 is 9.41 Å². The molecule has 0 fully saturated rings. The molecule has 1 radical (unpaired) electrons. The first-order chi connectivity index (χ1) is 0. The molecule has 0 saturated heterocycles. The van der Waals surface area contributed by atoms with Crippen molar-refractivity contribution in [2.24, 2.45) is 0 Å². The Hall–Kier alpha value is 0.379. The van der Waals surface area contributed by atoms with Crippen molar-refractivity contribution >= 4 is 0 Å². The van der Waals surface area contributed by atoms with Crippen LogP contribution in [0.3, 0.4) is 0 Å². The molecule has 0 aromatic heterocycles. The normalized spacial score (nSPS) is 0. The van der Waals surface area contributed by atoms with E-state index in [1.54, 1.807) is 0 Å². The molecule has 0 atom stereocenters. The second-order valence-electron chi connectivity index (χ2n) is 0. The monoisotopic (exact) mass is 109 g/mol. The molecule has 0 bridgehead atoms. The van der Waals surface area contributed by atoms with Crippen molar-refractivity contribution in [2.45, 2.75) is 7.43 Å². The van der Waals surface area contributed by atoms with Gasteiger partial charge in [0.05, 0.1) is 0 Å². The van der Waals surface area contributed by atoms with Crippen LogP contribution in [-0.2, 0) is 17.1 Å². The summed E-state index contributed by atoms with van der Waals surface area (Å²) in [5, 5.41) is 0. The maximum atomic E-state index is 0. The van der Waals surface area contributed by atoms with Crippen LogP contribution in [0.15, 0.2) is 0 Å². The van der Waals surface area contributed by atoms with E-state index in [1.807, 2.05) is 0 Å². The Morgan fingerprint density at radius 1 is 0.750 bits per heavy atom. The van der Waals surface area contributed by atoms with Crippen molar-refractivity contribution in [3.63, 3.8) is 0 Å². The van der Waals surface area contributed by atoms with E-state index in [4.69, 9.17) is 0 Å². The van der Waals surface area contributed by atoms with Gasteiger partial charge in [0.1, 0.15) is 0 Å². The molecule has 0 aromatic rings. The van der Waals surface area contributed by atoms with Gasteiger partial charge in [0.2, 0.25) is 0 Å². The van der Waals surface area contributed by atoms with Gasteiger partial charge in [0.25, 0.3) is 0 Å². The topological polar surface area (TPSA) is 0 Å². The molecule has 0 rings (SSSR count). The molecule has 0 spiro atoms. The van der Waals surface area contributed by atoms with Gasteiger partial charge in [0, 0.05) is 0 Å². The Kier molecular flexibility index (Phi) is 11500. The molecule has 0 heterocycles. The molecule has 0 nitrogen and oxygen atoms in total. The summed E-state index contributed by atoms with van der Waals surface area (Å²) >= 11 is 0. The third-order valence-electron chi connectivity index (χ3n) is 0. The van der Waals surface area contributed by atoms with E-state index in [9.17, 15) is 0 Å². The van der Waals surface area contributed by atoms with Crippen LogP contribution in [0.1, 0.15) is 7.43 Å². The van der Waals surface area contributed by atoms with E-state index in [-0.39, 0.29) is 33.9 Å². The molecule has 0 aliphatic heterocycles. The Bertz CT molecular complexity index is 6.00. The Morgan fingerprint density at radius 2 is 0.750 bits per heavy atom. The van der Waals surface area contributed by atoms with E-state index in [2.05, 4.69) is 0 Å². The minimum absolute atomic E-state index is 0. The second kappa shape index (κ2) is 133. The van der Waals surface area contributed by atoms with E-state index in [0.29, 0.717) is 0 Å². The number of rotatable bonds is 0. The first kappa shape index (κ1) is 347.